The van der Waals surface area contributed by atoms with Gasteiger partial charge in [0.05, 0.1) is 17.2 Å². The summed E-state index contributed by atoms with van der Waals surface area (Å²) in [6.45, 7) is 3.91. The van der Waals surface area contributed by atoms with Crippen LogP contribution in [0.4, 0.5) is 15.8 Å². The van der Waals surface area contributed by atoms with E-state index in [1.54, 1.807) is 43.3 Å². The minimum absolute atomic E-state index is 0.0439. The van der Waals surface area contributed by atoms with Gasteiger partial charge in [0.1, 0.15) is 11.6 Å². The van der Waals surface area contributed by atoms with Crippen molar-refractivity contribution in [3.63, 3.8) is 0 Å². The Kier molecular flexibility index (Phi) is 6.37. The number of anilines is 2. The molecule has 3 aromatic rings. The van der Waals surface area contributed by atoms with Crippen molar-refractivity contribution in [3.05, 3.63) is 83.7 Å². The Morgan fingerprint density at radius 3 is 2.43 bits per heavy atom. The molecule has 0 bridgehead atoms. The van der Waals surface area contributed by atoms with Crippen molar-refractivity contribution in [2.75, 3.05) is 16.6 Å². The summed E-state index contributed by atoms with van der Waals surface area (Å²) in [4.78, 5) is 12.7. The number of ether oxygens (including phenoxy) is 1. The zero-order valence-corrected chi connectivity index (χ0v) is 17.3. The predicted octanol–water partition coefficient (Wildman–Crippen LogP) is 4.59. The summed E-state index contributed by atoms with van der Waals surface area (Å²) in [7, 11) is -3.98. The number of aryl methyl sites for hydroxylation is 1. The van der Waals surface area contributed by atoms with E-state index in [-0.39, 0.29) is 16.1 Å². The van der Waals surface area contributed by atoms with Gasteiger partial charge in [-0.25, -0.2) is 12.8 Å². The Labute approximate surface area is 174 Å². The Hall–Kier alpha value is -3.39. The Morgan fingerprint density at radius 2 is 1.73 bits per heavy atom. The van der Waals surface area contributed by atoms with Gasteiger partial charge in [-0.15, -0.1) is 0 Å². The van der Waals surface area contributed by atoms with Crippen LogP contribution in [0.25, 0.3) is 0 Å². The lowest BCUT2D eigenvalue weighted by Crippen LogP contribution is -2.17. The van der Waals surface area contributed by atoms with E-state index < -0.39 is 21.7 Å². The molecule has 156 valence electrons. The molecule has 0 saturated carbocycles. The fourth-order valence-corrected chi connectivity index (χ4v) is 4.14. The summed E-state index contributed by atoms with van der Waals surface area (Å²) in [5.74, 6) is -0.424. The second kappa shape index (κ2) is 8.96. The van der Waals surface area contributed by atoms with Gasteiger partial charge in [0, 0.05) is 11.3 Å². The first-order valence-corrected chi connectivity index (χ1v) is 10.7. The highest BCUT2D eigenvalue weighted by Crippen LogP contribution is 2.26. The van der Waals surface area contributed by atoms with Crippen LogP contribution in [0.5, 0.6) is 5.75 Å². The van der Waals surface area contributed by atoms with E-state index in [1.165, 1.54) is 18.2 Å². The number of nitrogens with one attached hydrogen (secondary N) is 2. The zero-order valence-electron chi connectivity index (χ0n) is 16.5. The fraction of sp³-hybridized carbons (Fsp3) is 0.136. The van der Waals surface area contributed by atoms with Crippen molar-refractivity contribution in [1.82, 2.24) is 0 Å². The molecular formula is C22H21FN2O4S. The third kappa shape index (κ3) is 4.96. The first kappa shape index (κ1) is 21.3. The Balaban J connectivity index is 1.87. The van der Waals surface area contributed by atoms with Gasteiger partial charge < -0.3 is 10.1 Å². The molecule has 0 aliphatic heterocycles. The van der Waals surface area contributed by atoms with Crippen molar-refractivity contribution in [3.8, 4) is 5.75 Å². The number of carbonyl (C=O) groups is 1. The maximum absolute atomic E-state index is 13.1. The van der Waals surface area contributed by atoms with E-state index in [4.69, 9.17) is 4.74 Å². The number of hydrogen-bond donors (Lipinski definition) is 2. The first-order chi connectivity index (χ1) is 14.3. The van der Waals surface area contributed by atoms with E-state index in [9.17, 15) is 17.6 Å². The van der Waals surface area contributed by atoms with Crippen molar-refractivity contribution in [1.29, 1.82) is 0 Å². The number of sulfonamides is 1. The average molecular weight is 428 g/mol. The van der Waals surface area contributed by atoms with Crippen LogP contribution < -0.4 is 14.8 Å². The number of para-hydroxylation sites is 2. The van der Waals surface area contributed by atoms with Crippen molar-refractivity contribution < 1.29 is 22.3 Å². The Morgan fingerprint density at radius 1 is 1.03 bits per heavy atom. The van der Waals surface area contributed by atoms with Crippen LogP contribution in [0.1, 0.15) is 22.8 Å². The third-order valence-electron chi connectivity index (χ3n) is 4.27. The molecule has 0 aliphatic rings. The number of carbonyl (C=O) groups excluding carboxylic acids is 1. The predicted molar refractivity (Wildman–Crippen MR) is 114 cm³/mol. The summed E-state index contributed by atoms with van der Waals surface area (Å²) >= 11 is 0. The molecule has 0 saturated heterocycles. The van der Waals surface area contributed by atoms with E-state index >= 15 is 0 Å². The van der Waals surface area contributed by atoms with Crippen LogP contribution in [0.2, 0.25) is 0 Å². The van der Waals surface area contributed by atoms with Gasteiger partial charge in [-0.2, -0.15) is 0 Å². The average Bonchev–Trinajstić information content (AvgIpc) is 2.71. The lowest BCUT2D eigenvalue weighted by molar-refractivity contribution is 0.102. The summed E-state index contributed by atoms with van der Waals surface area (Å²) in [5, 5.41) is 2.74. The summed E-state index contributed by atoms with van der Waals surface area (Å²) in [6, 6.07) is 16.4. The highest BCUT2D eigenvalue weighted by molar-refractivity contribution is 7.92. The second-order valence-electron chi connectivity index (χ2n) is 6.48. The maximum atomic E-state index is 13.1. The van der Waals surface area contributed by atoms with Gasteiger partial charge in [0.25, 0.3) is 15.9 Å². The van der Waals surface area contributed by atoms with Crippen LogP contribution in [0.3, 0.4) is 0 Å². The second-order valence-corrected chi connectivity index (χ2v) is 8.13. The van der Waals surface area contributed by atoms with Crippen LogP contribution in [-0.4, -0.2) is 20.9 Å². The van der Waals surface area contributed by atoms with Gasteiger partial charge in [-0.3, -0.25) is 9.52 Å². The highest BCUT2D eigenvalue weighted by Gasteiger charge is 2.20. The van der Waals surface area contributed by atoms with Crippen molar-refractivity contribution >= 4 is 27.3 Å². The quantitative estimate of drug-likeness (QED) is 0.577. The summed E-state index contributed by atoms with van der Waals surface area (Å²) < 4.78 is 46.6. The topological polar surface area (TPSA) is 84.5 Å². The third-order valence-corrected chi connectivity index (χ3v) is 5.79. The Bertz CT molecular complexity index is 1160. The minimum Gasteiger partial charge on any atom is -0.492 e. The van der Waals surface area contributed by atoms with Crippen LogP contribution in [0.15, 0.2) is 71.6 Å². The molecule has 3 rings (SSSR count). The van der Waals surface area contributed by atoms with Gasteiger partial charge in [-0.1, -0.05) is 18.2 Å². The molecular weight excluding hydrogens is 407 g/mol. The molecule has 0 spiro atoms. The lowest BCUT2D eigenvalue weighted by Gasteiger charge is -2.14. The number of halogens is 1. The fourth-order valence-electron chi connectivity index (χ4n) is 2.80. The number of amides is 1. The molecule has 30 heavy (non-hydrogen) atoms. The maximum Gasteiger partial charge on any atom is 0.262 e. The van der Waals surface area contributed by atoms with E-state index in [0.717, 1.165) is 12.1 Å². The molecule has 1 amide bonds. The highest BCUT2D eigenvalue weighted by atomic mass is 32.2. The smallest absolute Gasteiger partial charge is 0.262 e. The van der Waals surface area contributed by atoms with Gasteiger partial charge >= 0.3 is 0 Å². The molecule has 2 N–H and O–H groups in total. The normalized spacial score (nSPS) is 11.0. The molecule has 0 unspecified atom stereocenters. The monoisotopic (exact) mass is 428 g/mol. The molecule has 0 heterocycles. The SMILES string of the molecule is CCOc1ccccc1NC(=O)c1ccc(C)c(S(=O)(=O)Nc2ccc(F)cc2)c1. The van der Waals surface area contributed by atoms with Gasteiger partial charge in [-0.05, 0) is 67.9 Å². The number of benzene rings is 3. The molecule has 6 nitrogen and oxygen atoms in total. The number of hydrogen-bond acceptors (Lipinski definition) is 4. The first-order valence-electron chi connectivity index (χ1n) is 9.22. The van der Waals surface area contributed by atoms with Crippen molar-refractivity contribution in [2.45, 2.75) is 18.7 Å². The van der Waals surface area contributed by atoms with E-state index in [2.05, 4.69) is 10.0 Å². The van der Waals surface area contributed by atoms with E-state index in [0.29, 0.717) is 23.6 Å². The van der Waals surface area contributed by atoms with E-state index in [1.807, 2.05) is 6.92 Å². The molecule has 0 fully saturated rings. The molecule has 0 radical (unpaired) electrons. The standard InChI is InChI=1S/C22H21FN2O4S/c1-3-29-20-7-5-4-6-19(20)24-22(26)16-9-8-15(2)21(14-16)30(27,28)25-18-12-10-17(23)11-13-18/h4-14,25H,3H2,1-2H3,(H,24,26). The minimum atomic E-state index is -3.98. The van der Waals surface area contributed by atoms with Crippen LogP contribution >= 0.6 is 0 Å². The lowest BCUT2D eigenvalue weighted by atomic mass is 10.1. The molecule has 0 aliphatic carbocycles. The van der Waals surface area contributed by atoms with Crippen LogP contribution in [-0.2, 0) is 10.0 Å². The molecule has 0 atom stereocenters. The molecule has 8 heteroatoms. The zero-order chi connectivity index (χ0) is 21.7. The van der Waals surface area contributed by atoms with Crippen molar-refractivity contribution in [2.24, 2.45) is 0 Å². The van der Waals surface area contributed by atoms with Crippen LogP contribution in [0, 0.1) is 12.7 Å². The number of rotatable bonds is 7. The largest absolute Gasteiger partial charge is 0.492 e. The summed E-state index contributed by atoms with van der Waals surface area (Å²) in [5.41, 5.74) is 1.34. The summed E-state index contributed by atoms with van der Waals surface area (Å²) in [6.07, 6.45) is 0. The molecule has 0 aromatic heterocycles. The van der Waals surface area contributed by atoms with Gasteiger partial charge in [0.2, 0.25) is 0 Å². The van der Waals surface area contributed by atoms with Gasteiger partial charge in [0.15, 0.2) is 0 Å². The molecule has 3 aromatic carbocycles.